The second kappa shape index (κ2) is 8.67. The average Bonchev–Trinajstić information content (AvgIpc) is 2.88. The molecule has 7 nitrogen and oxygen atoms in total. The van der Waals surface area contributed by atoms with Crippen LogP contribution in [0.1, 0.15) is 23.7 Å². The summed E-state index contributed by atoms with van der Waals surface area (Å²) < 4.78 is 0. The number of piperazine rings is 1. The molecule has 156 valence electrons. The van der Waals surface area contributed by atoms with Gasteiger partial charge in [-0.25, -0.2) is 0 Å². The molecule has 1 fully saturated rings. The second-order valence-corrected chi connectivity index (χ2v) is 7.97. The number of carbonyl (C=O) groups excluding carboxylic acids is 3. The SMILES string of the molecule is C[C@H]1CC(=O)Nc2ccccc2N1C(=O)C[NH+]1CCN(C(=O)c2ccccc2)CC1. The van der Waals surface area contributed by atoms with Gasteiger partial charge in [-0.3, -0.25) is 14.4 Å². The molecule has 0 saturated carbocycles. The summed E-state index contributed by atoms with van der Waals surface area (Å²) in [6, 6.07) is 16.5. The summed E-state index contributed by atoms with van der Waals surface area (Å²) in [6.45, 7) is 4.97. The second-order valence-electron chi connectivity index (χ2n) is 7.97. The van der Waals surface area contributed by atoms with Crippen LogP contribution in [-0.2, 0) is 9.59 Å². The number of anilines is 2. The molecule has 0 unspecified atom stereocenters. The smallest absolute Gasteiger partial charge is 0.282 e. The number of hydrogen-bond acceptors (Lipinski definition) is 3. The summed E-state index contributed by atoms with van der Waals surface area (Å²) in [6.07, 6.45) is 0.273. The van der Waals surface area contributed by atoms with Crippen LogP contribution in [0.5, 0.6) is 0 Å². The van der Waals surface area contributed by atoms with Gasteiger partial charge in [0.2, 0.25) is 5.91 Å². The molecule has 0 aliphatic carbocycles. The van der Waals surface area contributed by atoms with Crippen LogP contribution in [0.2, 0.25) is 0 Å². The van der Waals surface area contributed by atoms with E-state index < -0.39 is 0 Å². The number of hydrogen-bond donors (Lipinski definition) is 2. The summed E-state index contributed by atoms with van der Waals surface area (Å²) in [7, 11) is 0. The molecule has 0 aromatic heterocycles. The number of nitrogens with one attached hydrogen (secondary N) is 2. The summed E-state index contributed by atoms with van der Waals surface area (Å²) in [5, 5.41) is 2.89. The monoisotopic (exact) mass is 407 g/mol. The van der Waals surface area contributed by atoms with Crippen molar-refractivity contribution < 1.29 is 19.3 Å². The Hall–Kier alpha value is -3.19. The maximum Gasteiger partial charge on any atom is 0.282 e. The van der Waals surface area contributed by atoms with E-state index in [0.717, 1.165) is 23.7 Å². The minimum atomic E-state index is -0.207. The minimum absolute atomic E-state index is 0.00397. The third-order valence-corrected chi connectivity index (χ3v) is 5.81. The van der Waals surface area contributed by atoms with Crippen molar-refractivity contribution in [2.24, 2.45) is 0 Å². The van der Waals surface area contributed by atoms with Gasteiger partial charge in [-0.15, -0.1) is 0 Å². The van der Waals surface area contributed by atoms with Gasteiger partial charge in [-0.05, 0) is 31.2 Å². The number of para-hydroxylation sites is 2. The molecule has 1 saturated heterocycles. The lowest BCUT2D eigenvalue weighted by Gasteiger charge is -2.34. The Morgan fingerprint density at radius 1 is 1.03 bits per heavy atom. The van der Waals surface area contributed by atoms with E-state index in [1.165, 1.54) is 0 Å². The van der Waals surface area contributed by atoms with Crippen LogP contribution >= 0.6 is 0 Å². The molecule has 2 aliphatic heterocycles. The molecular formula is C23H27N4O3+. The van der Waals surface area contributed by atoms with Crippen molar-refractivity contribution in [1.82, 2.24) is 4.90 Å². The van der Waals surface area contributed by atoms with E-state index in [1.54, 1.807) is 4.90 Å². The summed E-state index contributed by atoms with van der Waals surface area (Å²) in [5.74, 6) is -0.0319. The van der Waals surface area contributed by atoms with Crippen LogP contribution < -0.4 is 15.1 Å². The molecule has 0 spiro atoms. The highest BCUT2D eigenvalue weighted by atomic mass is 16.2. The number of nitrogens with zero attached hydrogens (tertiary/aromatic N) is 2. The first-order valence-electron chi connectivity index (χ1n) is 10.4. The maximum atomic E-state index is 13.2. The Balaban J connectivity index is 1.40. The van der Waals surface area contributed by atoms with Gasteiger partial charge in [-0.2, -0.15) is 0 Å². The molecule has 2 aliphatic rings. The zero-order valence-corrected chi connectivity index (χ0v) is 17.1. The van der Waals surface area contributed by atoms with Gasteiger partial charge in [0.25, 0.3) is 11.8 Å². The Kier molecular flexibility index (Phi) is 5.81. The molecule has 4 rings (SSSR count). The van der Waals surface area contributed by atoms with Gasteiger partial charge in [0.1, 0.15) is 0 Å². The van der Waals surface area contributed by atoms with Crippen molar-refractivity contribution in [3.05, 3.63) is 60.2 Å². The van der Waals surface area contributed by atoms with Crippen LogP contribution in [0.15, 0.2) is 54.6 Å². The summed E-state index contributed by atoms with van der Waals surface area (Å²) in [5.41, 5.74) is 2.12. The van der Waals surface area contributed by atoms with E-state index in [9.17, 15) is 14.4 Å². The van der Waals surface area contributed by atoms with Crippen molar-refractivity contribution in [2.75, 3.05) is 42.9 Å². The number of carbonyl (C=O) groups is 3. The molecule has 1 atom stereocenters. The molecule has 0 bridgehead atoms. The van der Waals surface area contributed by atoms with Gasteiger partial charge >= 0.3 is 0 Å². The summed E-state index contributed by atoms with van der Waals surface area (Å²) >= 11 is 0. The maximum absolute atomic E-state index is 13.2. The molecule has 7 heteroatoms. The first-order chi connectivity index (χ1) is 14.5. The topological polar surface area (TPSA) is 74.2 Å². The van der Waals surface area contributed by atoms with Crippen LogP contribution in [0, 0.1) is 0 Å². The van der Waals surface area contributed by atoms with E-state index in [0.29, 0.717) is 30.9 Å². The van der Waals surface area contributed by atoms with Gasteiger partial charge in [-0.1, -0.05) is 30.3 Å². The first-order valence-corrected chi connectivity index (χ1v) is 10.4. The van der Waals surface area contributed by atoms with Crippen molar-refractivity contribution in [3.63, 3.8) is 0 Å². The van der Waals surface area contributed by atoms with Gasteiger partial charge in [0, 0.05) is 18.0 Å². The van der Waals surface area contributed by atoms with E-state index in [2.05, 4.69) is 5.32 Å². The van der Waals surface area contributed by atoms with Crippen LogP contribution in [0.3, 0.4) is 0 Å². The number of quaternary nitrogens is 1. The predicted octanol–water partition coefficient (Wildman–Crippen LogP) is 0.791. The van der Waals surface area contributed by atoms with E-state index in [-0.39, 0.29) is 30.2 Å². The molecule has 3 amide bonds. The zero-order valence-electron chi connectivity index (χ0n) is 17.1. The van der Waals surface area contributed by atoms with Crippen molar-refractivity contribution in [2.45, 2.75) is 19.4 Å². The number of fused-ring (bicyclic) bond motifs is 1. The van der Waals surface area contributed by atoms with E-state index in [1.807, 2.05) is 66.4 Å². The fraction of sp³-hybridized carbons (Fsp3) is 0.348. The Bertz CT molecular complexity index is 938. The largest absolute Gasteiger partial charge is 0.327 e. The summed E-state index contributed by atoms with van der Waals surface area (Å²) in [4.78, 5) is 42.8. The van der Waals surface area contributed by atoms with Gasteiger partial charge in [0.05, 0.1) is 37.6 Å². The lowest BCUT2D eigenvalue weighted by Crippen LogP contribution is -3.16. The lowest BCUT2D eigenvalue weighted by atomic mass is 10.1. The highest BCUT2D eigenvalue weighted by Crippen LogP contribution is 2.31. The average molecular weight is 407 g/mol. The van der Waals surface area contributed by atoms with Crippen LogP contribution in [0.25, 0.3) is 0 Å². The Morgan fingerprint density at radius 3 is 2.43 bits per heavy atom. The zero-order chi connectivity index (χ0) is 21.1. The number of amides is 3. The molecule has 2 N–H and O–H groups in total. The predicted molar refractivity (Wildman–Crippen MR) is 115 cm³/mol. The number of benzene rings is 2. The van der Waals surface area contributed by atoms with Crippen LogP contribution in [0.4, 0.5) is 11.4 Å². The standard InChI is InChI=1S/C23H26N4O3/c1-17-15-21(28)24-19-9-5-6-10-20(19)27(17)22(29)16-25-11-13-26(14-12-25)23(30)18-7-3-2-4-8-18/h2-10,17H,11-16H2,1H3,(H,24,28)/p+1/t17-/m0/s1. The molecule has 2 aromatic rings. The normalized spacial score (nSPS) is 19.6. The van der Waals surface area contributed by atoms with E-state index in [4.69, 9.17) is 0 Å². The van der Waals surface area contributed by atoms with Crippen molar-refractivity contribution >= 4 is 29.1 Å². The van der Waals surface area contributed by atoms with Gasteiger partial charge in [0.15, 0.2) is 6.54 Å². The highest BCUT2D eigenvalue weighted by molar-refractivity contribution is 6.04. The third-order valence-electron chi connectivity index (χ3n) is 5.81. The highest BCUT2D eigenvalue weighted by Gasteiger charge is 2.33. The third kappa shape index (κ3) is 4.21. The minimum Gasteiger partial charge on any atom is -0.327 e. The Morgan fingerprint density at radius 2 is 1.70 bits per heavy atom. The van der Waals surface area contributed by atoms with Gasteiger partial charge < -0.3 is 20.0 Å². The Labute approximate surface area is 176 Å². The fourth-order valence-electron chi connectivity index (χ4n) is 4.23. The molecular weight excluding hydrogens is 380 g/mol. The number of rotatable bonds is 3. The first kappa shape index (κ1) is 20.1. The lowest BCUT2D eigenvalue weighted by molar-refractivity contribution is -0.895. The van der Waals surface area contributed by atoms with E-state index >= 15 is 0 Å². The van der Waals surface area contributed by atoms with Crippen molar-refractivity contribution in [3.8, 4) is 0 Å². The van der Waals surface area contributed by atoms with Crippen molar-refractivity contribution in [1.29, 1.82) is 0 Å². The van der Waals surface area contributed by atoms with Crippen LogP contribution in [-0.4, -0.2) is 61.4 Å². The molecule has 2 aromatic carbocycles. The quantitative estimate of drug-likeness (QED) is 0.790. The molecule has 2 heterocycles. The molecule has 30 heavy (non-hydrogen) atoms. The molecule has 0 radical (unpaired) electrons. The fourth-order valence-corrected chi connectivity index (χ4v) is 4.23.